The average molecular weight is 636 g/mol. The molecule has 2 aromatic heterocycles. The number of nitriles is 2. The van der Waals surface area contributed by atoms with E-state index in [4.69, 9.17) is 6.57 Å². The van der Waals surface area contributed by atoms with Crippen molar-refractivity contribution >= 4 is 49.3 Å². The van der Waals surface area contributed by atoms with Crippen LogP contribution in [0, 0.1) is 29.2 Å². The Hall–Kier alpha value is -7.39. The first kappa shape index (κ1) is 28.8. The number of benzene rings is 7. The molecule has 0 N–H and O–H groups in total. The Kier molecular flexibility index (Phi) is 6.56. The molecule has 230 valence electrons. The van der Waals surface area contributed by atoms with Crippen molar-refractivity contribution in [3.8, 4) is 45.8 Å². The molecule has 5 nitrogen and oxygen atoms in total. The van der Waals surface area contributed by atoms with Gasteiger partial charge in [0.05, 0.1) is 51.9 Å². The van der Waals surface area contributed by atoms with Crippen LogP contribution in [0.15, 0.2) is 152 Å². The van der Waals surface area contributed by atoms with Crippen LogP contribution in [0.1, 0.15) is 11.1 Å². The molecule has 50 heavy (non-hydrogen) atoms. The van der Waals surface area contributed by atoms with Crippen LogP contribution >= 0.6 is 0 Å². The van der Waals surface area contributed by atoms with Gasteiger partial charge in [-0.25, -0.2) is 4.85 Å². The lowest BCUT2D eigenvalue weighted by molar-refractivity contribution is 1.18. The molecule has 9 rings (SSSR count). The van der Waals surface area contributed by atoms with Gasteiger partial charge in [0.2, 0.25) is 5.69 Å². The summed E-state index contributed by atoms with van der Waals surface area (Å²) in [5.41, 5.74) is 11.3. The molecular weight excluding hydrogens is 611 g/mol. The number of fused-ring (bicyclic) bond motifs is 6. The van der Waals surface area contributed by atoms with E-state index >= 15 is 0 Å². The monoisotopic (exact) mass is 635 g/mol. The third kappa shape index (κ3) is 4.38. The van der Waals surface area contributed by atoms with E-state index < -0.39 is 0 Å². The van der Waals surface area contributed by atoms with Crippen molar-refractivity contribution in [2.45, 2.75) is 0 Å². The molecule has 0 aliphatic heterocycles. The smallest absolute Gasteiger partial charge is 0.206 e. The molecular formula is C45H25N5. The number of aromatic nitrogens is 2. The van der Waals surface area contributed by atoms with E-state index in [1.165, 1.54) is 21.8 Å². The van der Waals surface area contributed by atoms with Gasteiger partial charge in [0, 0.05) is 38.5 Å². The van der Waals surface area contributed by atoms with Gasteiger partial charge in [-0.2, -0.15) is 10.5 Å². The number of hydrogen-bond acceptors (Lipinski definition) is 2. The van der Waals surface area contributed by atoms with Crippen LogP contribution in [-0.2, 0) is 0 Å². The zero-order valence-corrected chi connectivity index (χ0v) is 26.7. The Morgan fingerprint density at radius 2 is 1.00 bits per heavy atom. The Balaban J connectivity index is 1.15. The molecule has 7 aromatic carbocycles. The van der Waals surface area contributed by atoms with E-state index in [1.54, 1.807) is 0 Å². The summed E-state index contributed by atoms with van der Waals surface area (Å²) in [7, 11) is 0. The van der Waals surface area contributed by atoms with Gasteiger partial charge in [-0.05, 0) is 77.4 Å². The van der Waals surface area contributed by atoms with Crippen molar-refractivity contribution in [3.63, 3.8) is 0 Å². The molecule has 0 atom stereocenters. The van der Waals surface area contributed by atoms with E-state index in [-0.39, 0.29) is 0 Å². The maximum absolute atomic E-state index is 10.0. The molecule has 9 aromatic rings. The highest BCUT2D eigenvalue weighted by Gasteiger charge is 2.19. The van der Waals surface area contributed by atoms with Gasteiger partial charge < -0.3 is 9.13 Å². The molecule has 0 aliphatic carbocycles. The van der Waals surface area contributed by atoms with Crippen LogP contribution in [0.4, 0.5) is 5.69 Å². The highest BCUT2D eigenvalue weighted by atomic mass is 15.0. The number of para-hydroxylation sites is 3. The lowest BCUT2D eigenvalue weighted by atomic mass is 9.96. The van der Waals surface area contributed by atoms with E-state index in [9.17, 15) is 10.5 Å². The van der Waals surface area contributed by atoms with Crippen molar-refractivity contribution in [3.05, 3.63) is 174 Å². The van der Waals surface area contributed by atoms with Crippen molar-refractivity contribution in [2.75, 3.05) is 0 Å². The predicted octanol–water partition coefficient (Wildman–Crippen LogP) is 11.5. The maximum atomic E-state index is 10.0. The maximum Gasteiger partial charge on any atom is 0.206 e. The van der Waals surface area contributed by atoms with Crippen LogP contribution in [0.2, 0.25) is 0 Å². The predicted molar refractivity (Wildman–Crippen MR) is 202 cm³/mol. The molecule has 2 heterocycles. The average Bonchev–Trinajstić information content (AvgIpc) is 3.70. The van der Waals surface area contributed by atoms with Crippen LogP contribution in [0.3, 0.4) is 0 Å². The zero-order chi connectivity index (χ0) is 33.8. The molecule has 0 amide bonds. The lowest BCUT2D eigenvalue weighted by Crippen LogP contribution is -1.98. The standard InChI is InChI=1S/C45H25N5/c1-48-40-26-45(50-43-13-7-4-10-37(43)39-24-29(27-46)14-23-44(39)50)38(25-33(40)28-47)32-17-15-30(16-18-32)31-19-21-34(22-20-31)49-41-11-5-2-8-35(41)36-9-3-6-12-42(36)49/h2-26H. The Labute approximate surface area is 288 Å². The van der Waals surface area contributed by atoms with Gasteiger partial charge in [0.15, 0.2) is 0 Å². The summed E-state index contributed by atoms with van der Waals surface area (Å²) in [6.45, 7) is 7.85. The Morgan fingerprint density at radius 1 is 0.480 bits per heavy atom. The number of nitrogens with zero attached hydrogens (tertiary/aromatic N) is 5. The minimum absolute atomic E-state index is 0.297. The minimum atomic E-state index is 0.297. The van der Waals surface area contributed by atoms with Gasteiger partial charge in [-0.3, -0.25) is 0 Å². The van der Waals surface area contributed by atoms with Crippen molar-refractivity contribution in [2.24, 2.45) is 0 Å². The largest absolute Gasteiger partial charge is 0.310 e. The Morgan fingerprint density at radius 3 is 1.58 bits per heavy atom. The third-order valence-corrected chi connectivity index (χ3v) is 9.63. The quantitative estimate of drug-likeness (QED) is 0.181. The third-order valence-electron chi connectivity index (χ3n) is 9.63. The molecule has 0 aliphatic rings. The Bertz CT molecular complexity index is 2890. The first-order valence-electron chi connectivity index (χ1n) is 16.3. The molecule has 0 unspecified atom stereocenters. The van der Waals surface area contributed by atoms with E-state index in [0.29, 0.717) is 16.8 Å². The first-order chi connectivity index (χ1) is 24.7. The molecule has 0 bridgehead atoms. The summed E-state index contributed by atoms with van der Waals surface area (Å²) in [5, 5.41) is 24.1. The normalized spacial score (nSPS) is 11.1. The SMILES string of the molecule is [C-]#[N+]c1cc(-n2c3ccccc3c3cc(C#N)ccc32)c(-c2ccc(-c3ccc(-n4c5ccccc5c5ccccc54)cc3)cc2)cc1C#N. The fraction of sp³-hybridized carbons (Fsp3) is 0. The summed E-state index contributed by atoms with van der Waals surface area (Å²) in [5.74, 6) is 0. The molecule has 0 radical (unpaired) electrons. The summed E-state index contributed by atoms with van der Waals surface area (Å²) in [6, 6.07) is 55.9. The zero-order valence-electron chi connectivity index (χ0n) is 26.7. The van der Waals surface area contributed by atoms with Crippen LogP contribution in [0.25, 0.3) is 82.1 Å². The second-order valence-corrected chi connectivity index (χ2v) is 12.3. The van der Waals surface area contributed by atoms with Gasteiger partial charge >= 0.3 is 0 Å². The van der Waals surface area contributed by atoms with E-state index in [0.717, 1.165) is 55.4 Å². The van der Waals surface area contributed by atoms with Crippen molar-refractivity contribution in [1.29, 1.82) is 10.5 Å². The highest BCUT2D eigenvalue weighted by molar-refractivity contribution is 6.11. The summed E-state index contributed by atoms with van der Waals surface area (Å²) in [4.78, 5) is 3.72. The fourth-order valence-electron chi connectivity index (χ4n) is 7.32. The number of hydrogen-bond donors (Lipinski definition) is 0. The second kappa shape index (κ2) is 11.4. The summed E-state index contributed by atoms with van der Waals surface area (Å²) < 4.78 is 4.45. The van der Waals surface area contributed by atoms with Crippen molar-refractivity contribution < 1.29 is 0 Å². The molecule has 0 saturated carbocycles. The van der Waals surface area contributed by atoms with Crippen LogP contribution in [0.5, 0.6) is 0 Å². The minimum Gasteiger partial charge on any atom is -0.310 e. The molecule has 0 saturated heterocycles. The molecule has 0 fully saturated rings. The molecule has 0 spiro atoms. The van der Waals surface area contributed by atoms with Crippen LogP contribution in [-0.4, -0.2) is 9.13 Å². The first-order valence-corrected chi connectivity index (χ1v) is 16.3. The van der Waals surface area contributed by atoms with Crippen molar-refractivity contribution in [1.82, 2.24) is 9.13 Å². The second-order valence-electron chi connectivity index (χ2n) is 12.3. The van der Waals surface area contributed by atoms with E-state index in [1.807, 2.05) is 48.5 Å². The van der Waals surface area contributed by atoms with Gasteiger partial charge in [-0.15, -0.1) is 0 Å². The fourth-order valence-corrected chi connectivity index (χ4v) is 7.32. The van der Waals surface area contributed by atoms with Gasteiger partial charge in [-0.1, -0.05) is 91.0 Å². The van der Waals surface area contributed by atoms with E-state index in [2.05, 4.69) is 129 Å². The summed E-state index contributed by atoms with van der Waals surface area (Å²) >= 11 is 0. The van der Waals surface area contributed by atoms with Gasteiger partial charge in [0.1, 0.15) is 0 Å². The topological polar surface area (TPSA) is 61.8 Å². The molecule has 5 heteroatoms. The van der Waals surface area contributed by atoms with Gasteiger partial charge in [0.25, 0.3) is 0 Å². The summed E-state index contributed by atoms with van der Waals surface area (Å²) in [6.07, 6.45) is 0. The lowest BCUT2D eigenvalue weighted by Gasteiger charge is -2.16. The highest BCUT2D eigenvalue weighted by Crippen LogP contribution is 2.40. The number of rotatable bonds is 4. The van der Waals surface area contributed by atoms with Crippen LogP contribution < -0.4 is 0 Å².